The van der Waals surface area contributed by atoms with Gasteiger partial charge < -0.3 is 10.7 Å². The monoisotopic (exact) mass is 216 g/mol. The highest BCUT2D eigenvalue weighted by molar-refractivity contribution is 5.86. The molecule has 1 aromatic heterocycles. The van der Waals surface area contributed by atoms with Crippen molar-refractivity contribution in [2.75, 3.05) is 0 Å². The zero-order valence-corrected chi connectivity index (χ0v) is 9.36. The number of H-pyrrole nitrogens is 1. The van der Waals surface area contributed by atoms with Crippen LogP contribution in [-0.2, 0) is 4.79 Å². The highest BCUT2D eigenvalue weighted by Gasteiger charge is 2.18. The van der Waals surface area contributed by atoms with Crippen LogP contribution in [0.5, 0.6) is 0 Å². The summed E-state index contributed by atoms with van der Waals surface area (Å²) in [6, 6.07) is 10.0. The molecule has 16 heavy (non-hydrogen) atoms. The Bertz CT molecular complexity index is 468. The molecule has 2 rings (SSSR count). The molecule has 0 radical (unpaired) electrons. The highest BCUT2D eigenvalue weighted by atomic mass is 16.1. The van der Waals surface area contributed by atoms with Crippen molar-refractivity contribution in [2.45, 2.75) is 25.7 Å². The van der Waals surface area contributed by atoms with Crippen LogP contribution in [0.3, 0.4) is 0 Å². The summed E-state index contributed by atoms with van der Waals surface area (Å²) >= 11 is 0. The first-order valence-corrected chi connectivity index (χ1v) is 5.59. The highest BCUT2D eigenvalue weighted by Crippen LogP contribution is 2.24. The van der Waals surface area contributed by atoms with Gasteiger partial charge in [-0.1, -0.05) is 31.5 Å². The number of amides is 1. The number of rotatable bonds is 4. The molecule has 3 N–H and O–H groups in total. The van der Waals surface area contributed by atoms with E-state index in [0.717, 1.165) is 29.4 Å². The Kier molecular flexibility index (Phi) is 2.95. The molecular weight excluding hydrogens is 200 g/mol. The smallest absolute Gasteiger partial charge is 0.226 e. The average Bonchev–Trinajstić information content (AvgIpc) is 2.68. The summed E-state index contributed by atoms with van der Waals surface area (Å²) in [5, 5.41) is 1.12. The number of aromatic amines is 1. The minimum atomic E-state index is -0.256. The summed E-state index contributed by atoms with van der Waals surface area (Å²) < 4.78 is 0. The number of hydrogen-bond donors (Lipinski definition) is 2. The van der Waals surface area contributed by atoms with Crippen molar-refractivity contribution >= 4 is 16.8 Å². The number of aromatic nitrogens is 1. The first kappa shape index (κ1) is 10.7. The van der Waals surface area contributed by atoms with Gasteiger partial charge in [-0.3, -0.25) is 4.79 Å². The van der Waals surface area contributed by atoms with E-state index in [9.17, 15) is 4.79 Å². The van der Waals surface area contributed by atoms with Gasteiger partial charge in [0, 0.05) is 11.2 Å². The molecule has 3 heteroatoms. The van der Waals surface area contributed by atoms with E-state index in [1.807, 2.05) is 30.3 Å². The van der Waals surface area contributed by atoms with Crippen LogP contribution in [0.25, 0.3) is 10.9 Å². The fourth-order valence-corrected chi connectivity index (χ4v) is 2.02. The van der Waals surface area contributed by atoms with Crippen molar-refractivity contribution in [3.63, 3.8) is 0 Å². The summed E-state index contributed by atoms with van der Waals surface area (Å²) in [6.07, 6.45) is 1.74. The number of benzene rings is 1. The molecule has 84 valence electrons. The maximum atomic E-state index is 11.4. The molecule has 0 spiro atoms. The van der Waals surface area contributed by atoms with Crippen LogP contribution < -0.4 is 5.73 Å². The van der Waals surface area contributed by atoms with Crippen LogP contribution in [0.2, 0.25) is 0 Å². The van der Waals surface area contributed by atoms with Crippen molar-refractivity contribution in [1.29, 1.82) is 0 Å². The van der Waals surface area contributed by atoms with Crippen LogP contribution in [-0.4, -0.2) is 10.9 Å². The Morgan fingerprint density at radius 3 is 2.81 bits per heavy atom. The van der Waals surface area contributed by atoms with Gasteiger partial charge in [0.2, 0.25) is 5.91 Å². The van der Waals surface area contributed by atoms with Gasteiger partial charge in [-0.25, -0.2) is 0 Å². The van der Waals surface area contributed by atoms with Gasteiger partial charge in [-0.2, -0.15) is 0 Å². The summed E-state index contributed by atoms with van der Waals surface area (Å²) in [7, 11) is 0. The van der Waals surface area contributed by atoms with Gasteiger partial charge >= 0.3 is 0 Å². The van der Waals surface area contributed by atoms with E-state index in [1.165, 1.54) is 0 Å². The zero-order valence-electron chi connectivity index (χ0n) is 9.36. The van der Waals surface area contributed by atoms with Gasteiger partial charge in [0.1, 0.15) is 0 Å². The summed E-state index contributed by atoms with van der Waals surface area (Å²) in [6.45, 7) is 2.05. The predicted octanol–water partition coefficient (Wildman–Crippen LogP) is 2.54. The zero-order chi connectivity index (χ0) is 11.5. The normalized spacial score (nSPS) is 12.8. The Morgan fingerprint density at radius 1 is 1.44 bits per heavy atom. The van der Waals surface area contributed by atoms with Crippen molar-refractivity contribution in [1.82, 2.24) is 4.98 Å². The second-order valence-electron chi connectivity index (χ2n) is 4.06. The lowest BCUT2D eigenvalue weighted by atomic mass is 9.99. The first-order valence-electron chi connectivity index (χ1n) is 5.59. The number of nitrogens with two attached hydrogens (primary N) is 1. The molecule has 1 heterocycles. The van der Waals surface area contributed by atoms with Gasteiger partial charge in [0.05, 0.1) is 5.92 Å². The SMILES string of the molecule is CCCC(C(N)=O)c1cc2ccccc2[nH]1. The molecule has 1 aromatic carbocycles. The topological polar surface area (TPSA) is 58.9 Å². The molecule has 1 atom stereocenters. The van der Waals surface area contributed by atoms with Crippen molar-refractivity contribution < 1.29 is 4.79 Å². The Balaban J connectivity index is 2.40. The van der Waals surface area contributed by atoms with E-state index in [4.69, 9.17) is 5.73 Å². The summed E-state index contributed by atoms with van der Waals surface area (Å²) in [4.78, 5) is 14.6. The number of fused-ring (bicyclic) bond motifs is 1. The van der Waals surface area contributed by atoms with E-state index in [0.29, 0.717) is 0 Å². The average molecular weight is 216 g/mol. The molecule has 1 amide bonds. The lowest BCUT2D eigenvalue weighted by Crippen LogP contribution is -2.21. The Labute approximate surface area is 94.6 Å². The number of carbonyl (C=O) groups is 1. The number of primary amides is 1. The van der Waals surface area contributed by atoms with E-state index in [2.05, 4.69) is 11.9 Å². The summed E-state index contributed by atoms with van der Waals surface area (Å²) in [5.74, 6) is -0.453. The third kappa shape index (κ3) is 1.94. The minimum Gasteiger partial charge on any atom is -0.369 e. The van der Waals surface area contributed by atoms with Gasteiger partial charge in [-0.15, -0.1) is 0 Å². The third-order valence-corrected chi connectivity index (χ3v) is 2.85. The van der Waals surface area contributed by atoms with Crippen LogP contribution >= 0.6 is 0 Å². The summed E-state index contributed by atoms with van der Waals surface area (Å²) in [5.41, 5.74) is 7.40. The second kappa shape index (κ2) is 4.39. The lowest BCUT2D eigenvalue weighted by molar-refractivity contribution is -0.119. The maximum Gasteiger partial charge on any atom is 0.226 e. The number of carbonyl (C=O) groups excluding carboxylic acids is 1. The number of hydrogen-bond acceptors (Lipinski definition) is 1. The number of nitrogens with one attached hydrogen (secondary N) is 1. The van der Waals surface area contributed by atoms with Gasteiger partial charge in [0.25, 0.3) is 0 Å². The van der Waals surface area contributed by atoms with Gasteiger partial charge in [-0.05, 0) is 23.9 Å². The predicted molar refractivity (Wildman–Crippen MR) is 65.1 cm³/mol. The van der Waals surface area contributed by atoms with Crippen LogP contribution in [0, 0.1) is 0 Å². The minimum absolute atomic E-state index is 0.197. The molecule has 0 aliphatic carbocycles. The molecule has 0 fully saturated rings. The van der Waals surface area contributed by atoms with E-state index >= 15 is 0 Å². The van der Waals surface area contributed by atoms with E-state index < -0.39 is 0 Å². The molecule has 0 aliphatic rings. The molecule has 0 saturated heterocycles. The Morgan fingerprint density at radius 2 is 2.19 bits per heavy atom. The molecular formula is C13H16N2O. The van der Waals surface area contributed by atoms with E-state index in [1.54, 1.807) is 0 Å². The van der Waals surface area contributed by atoms with Gasteiger partial charge in [0.15, 0.2) is 0 Å². The molecule has 0 saturated carbocycles. The van der Waals surface area contributed by atoms with E-state index in [-0.39, 0.29) is 11.8 Å². The molecule has 0 aliphatic heterocycles. The standard InChI is InChI=1S/C13H16N2O/c1-2-5-10(13(14)16)12-8-9-6-3-4-7-11(9)15-12/h3-4,6-8,10,15H,2,5H2,1H3,(H2,14,16). The fraction of sp³-hybridized carbons (Fsp3) is 0.308. The van der Waals surface area contributed by atoms with Crippen molar-refractivity contribution in [3.8, 4) is 0 Å². The maximum absolute atomic E-state index is 11.4. The van der Waals surface area contributed by atoms with Crippen LogP contribution in [0.15, 0.2) is 30.3 Å². The molecule has 2 aromatic rings. The van der Waals surface area contributed by atoms with Crippen LogP contribution in [0.1, 0.15) is 31.4 Å². The van der Waals surface area contributed by atoms with Crippen molar-refractivity contribution in [2.24, 2.45) is 5.73 Å². The Hall–Kier alpha value is -1.77. The first-order chi connectivity index (χ1) is 7.72. The van der Waals surface area contributed by atoms with Crippen LogP contribution in [0.4, 0.5) is 0 Å². The fourth-order valence-electron chi connectivity index (χ4n) is 2.02. The second-order valence-corrected chi connectivity index (χ2v) is 4.06. The molecule has 0 bridgehead atoms. The van der Waals surface area contributed by atoms with Crippen molar-refractivity contribution in [3.05, 3.63) is 36.0 Å². The molecule has 3 nitrogen and oxygen atoms in total. The number of para-hydroxylation sites is 1. The largest absolute Gasteiger partial charge is 0.369 e. The third-order valence-electron chi connectivity index (χ3n) is 2.85. The lowest BCUT2D eigenvalue weighted by Gasteiger charge is -2.09. The quantitative estimate of drug-likeness (QED) is 0.810. The molecule has 1 unspecified atom stereocenters.